The fourth-order valence-corrected chi connectivity index (χ4v) is 2.16. The van der Waals surface area contributed by atoms with Gasteiger partial charge in [0, 0.05) is 11.1 Å². The number of rotatable bonds is 0. The highest BCUT2D eigenvalue weighted by Crippen LogP contribution is 2.36. The Balaban J connectivity index is 2.43. The minimum Gasteiger partial charge on any atom is -0.288 e. The predicted molar refractivity (Wildman–Crippen MR) is 48.8 cm³/mol. The summed E-state index contributed by atoms with van der Waals surface area (Å²) in [5.74, 6) is 0.0561. The van der Waals surface area contributed by atoms with Gasteiger partial charge in [0.05, 0.1) is 0 Å². The van der Waals surface area contributed by atoms with Gasteiger partial charge in [0.2, 0.25) is 5.78 Å². The highest BCUT2D eigenvalue weighted by atomic mass is 32.1. The summed E-state index contributed by atoms with van der Waals surface area (Å²) in [6.07, 6.45) is 0. The van der Waals surface area contributed by atoms with Crippen LogP contribution in [0.15, 0.2) is 24.3 Å². The number of benzene rings is 1. The van der Waals surface area contributed by atoms with Gasteiger partial charge < -0.3 is 0 Å². The molecule has 13 heavy (non-hydrogen) atoms. The van der Waals surface area contributed by atoms with Gasteiger partial charge in [0.1, 0.15) is 10.6 Å². The fourth-order valence-electron chi connectivity index (χ4n) is 1.53. The standard InChI is InChI=1S/C9H4N2OS/c12-8-6-4-2-1-3-5(6)7-9(8)13-11-10-7/h1-4H. The van der Waals surface area contributed by atoms with Gasteiger partial charge >= 0.3 is 0 Å². The van der Waals surface area contributed by atoms with Gasteiger partial charge in [0.25, 0.3) is 0 Å². The first-order valence-electron chi connectivity index (χ1n) is 3.84. The molecule has 1 aromatic carbocycles. The van der Waals surface area contributed by atoms with Gasteiger partial charge in [-0.1, -0.05) is 28.8 Å². The molecule has 0 unspecified atom stereocenters. The molecule has 3 nitrogen and oxygen atoms in total. The van der Waals surface area contributed by atoms with E-state index in [1.54, 1.807) is 0 Å². The summed E-state index contributed by atoms with van der Waals surface area (Å²) >= 11 is 1.17. The first-order chi connectivity index (χ1) is 6.38. The van der Waals surface area contributed by atoms with Gasteiger partial charge in [-0.2, -0.15) is 0 Å². The van der Waals surface area contributed by atoms with E-state index in [0.29, 0.717) is 4.88 Å². The molecule has 0 radical (unpaired) electrons. The SMILES string of the molecule is O=C1c2ccccc2-c2nnsc21. The Hall–Kier alpha value is -1.55. The minimum atomic E-state index is 0.0561. The molecule has 0 spiro atoms. The predicted octanol–water partition coefficient (Wildman–Crippen LogP) is 1.75. The lowest BCUT2D eigenvalue weighted by Gasteiger charge is -1.93. The number of fused-ring (bicyclic) bond motifs is 3. The first-order valence-corrected chi connectivity index (χ1v) is 4.62. The average Bonchev–Trinajstić information content (AvgIpc) is 2.72. The van der Waals surface area contributed by atoms with Crippen molar-refractivity contribution in [3.05, 3.63) is 34.7 Å². The van der Waals surface area contributed by atoms with E-state index < -0.39 is 0 Å². The molecule has 1 heterocycles. The summed E-state index contributed by atoms with van der Waals surface area (Å²) in [6, 6.07) is 7.49. The molecule has 3 rings (SSSR count). The van der Waals surface area contributed by atoms with E-state index in [0.717, 1.165) is 16.8 Å². The quantitative estimate of drug-likeness (QED) is 0.539. The molecule has 0 atom stereocenters. The topological polar surface area (TPSA) is 42.9 Å². The van der Waals surface area contributed by atoms with Crippen LogP contribution in [0.2, 0.25) is 0 Å². The second-order valence-corrected chi connectivity index (χ2v) is 3.58. The van der Waals surface area contributed by atoms with Crippen LogP contribution in [0.1, 0.15) is 15.2 Å². The maximum atomic E-state index is 11.7. The van der Waals surface area contributed by atoms with Crippen molar-refractivity contribution in [2.24, 2.45) is 0 Å². The molecule has 0 saturated heterocycles. The molecule has 1 aromatic heterocycles. The van der Waals surface area contributed by atoms with Gasteiger partial charge in [0.15, 0.2) is 0 Å². The molecule has 0 fully saturated rings. The number of carbonyl (C=O) groups is 1. The Morgan fingerprint density at radius 1 is 1.15 bits per heavy atom. The zero-order valence-electron chi connectivity index (χ0n) is 6.52. The summed E-state index contributed by atoms with van der Waals surface area (Å²) < 4.78 is 3.76. The van der Waals surface area contributed by atoms with Crippen molar-refractivity contribution in [1.82, 2.24) is 9.59 Å². The van der Waals surface area contributed by atoms with Crippen LogP contribution in [0.4, 0.5) is 0 Å². The Morgan fingerprint density at radius 2 is 1.92 bits per heavy atom. The largest absolute Gasteiger partial charge is 0.288 e. The number of aromatic nitrogens is 2. The van der Waals surface area contributed by atoms with E-state index >= 15 is 0 Å². The molecule has 0 amide bonds. The smallest absolute Gasteiger partial charge is 0.207 e. The average molecular weight is 188 g/mol. The van der Waals surface area contributed by atoms with Crippen LogP contribution in [-0.4, -0.2) is 15.4 Å². The summed E-state index contributed by atoms with van der Waals surface area (Å²) in [4.78, 5) is 12.3. The Labute approximate surface area is 78.2 Å². The van der Waals surface area contributed by atoms with Crippen LogP contribution in [0.5, 0.6) is 0 Å². The lowest BCUT2D eigenvalue weighted by molar-refractivity contribution is 0.104. The number of hydrogen-bond donors (Lipinski definition) is 0. The van der Waals surface area contributed by atoms with E-state index in [4.69, 9.17) is 0 Å². The van der Waals surface area contributed by atoms with Crippen LogP contribution in [-0.2, 0) is 0 Å². The second kappa shape index (κ2) is 2.23. The van der Waals surface area contributed by atoms with Crippen LogP contribution < -0.4 is 0 Å². The van der Waals surface area contributed by atoms with Gasteiger partial charge in [-0.25, -0.2) is 0 Å². The minimum absolute atomic E-state index is 0.0561. The highest BCUT2D eigenvalue weighted by molar-refractivity contribution is 7.08. The number of carbonyl (C=O) groups excluding carboxylic acids is 1. The molecule has 1 aliphatic carbocycles. The summed E-state index contributed by atoms with van der Waals surface area (Å²) in [7, 11) is 0. The van der Waals surface area contributed by atoms with E-state index in [1.807, 2.05) is 24.3 Å². The molecule has 4 heteroatoms. The second-order valence-electron chi connectivity index (χ2n) is 2.83. The molecule has 0 saturated carbocycles. The van der Waals surface area contributed by atoms with Crippen molar-refractivity contribution in [3.8, 4) is 11.3 Å². The van der Waals surface area contributed by atoms with E-state index in [-0.39, 0.29) is 5.78 Å². The number of hydrogen-bond acceptors (Lipinski definition) is 4. The van der Waals surface area contributed by atoms with E-state index in [9.17, 15) is 4.79 Å². The molecule has 0 aliphatic heterocycles. The highest BCUT2D eigenvalue weighted by Gasteiger charge is 2.29. The van der Waals surface area contributed by atoms with Crippen LogP contribution >= 0.6 is 11.5 Å². The summed E-state index contributed by atoms with van der Waals surface area (Å²) in [5.41, 5.74) is 2.40. The molecule has 0 N–H and O–H groups in total. The van der Waals surface area contributed by atoms with Crippen molar-refractivity contribution < 1.29 is 4.79 Å². The Kier molecular flexibility index (Phi) is 1.19. The zero-order valence-corrected chi connectivity index (χ0v) is 7.34. The van der Waals surface area contributed by atoms with E-state index in [1.165, 1.54) is 11.5 Å². The molecule has 0 bridgehead atoms. The molecule has 2 aromatic rings. The summed E-state index contributed by atoms with van der Waals surface area (Å²) in [5, 5.41) is 3.94. The number of nitrogens with zero attached hydrogens (tertiary/aromatic N) is 2. The third kappa shape index (κ3) is 0.754. The lowest BCUT2D eigenvalue weighted by atomic mass is 10.1. The third-order valence-corrected chi connectivity index (χ3v) is 2.85. The first kappa shape index (κ1) is 6.91. The van der Waals surface area contributed by atoms with Crippen LogP contribution in [0.3, 0.4) is 0 Å². The molecular weight excluding hydrogens is 184 g/mol. The molecule has 62 valence electrons. The maximum absolute atomic E-state index is 11.7. The van der Waals surface area contributed by atoms with Crippen molar-refractivity contribution in [3.63, 3.8) is 0 Å². The molecule has 1 aliphatic rings. The van der Waals surface area contributed by atoms with Crippen molar-refractivity contribution in [2.45, 2.75) is 0 Å². The van der Waals surface area contributed by atoms with Gasteiger partial charge in [-0.3, -0.25) is 4.79 Å². The third-order valence-electron chi connectivity index (χ3n) is 2.12. The van der Waals surface area contributed by atoms with Crippen molar-refractivity contribution >= 4 is 17.3 Å². The van der Waals surface area contributed by atoms with Crippen LogP contribution in [0.25, 0.3) is 11.3 Å². The number of ketones is 1. The maximum Gasteiger partial charge on any atom is 0.207 e. The van der Waals surface area contributed by atoms with Gasteiger partial charge in [-0.15, -0.1) is 5.10 Å². The van der Waals surface area contributed by atoms with E-state index in [2.05, 4.69) is 9.59 Å². The monoisotopic (exact) mass is 188 g/mol. The normalized spacial score (nSPS) is 12.8. The lowest BCUT2D eigenvalue weighted by Crippen LogP contribution is -1.91. The summed E-state index contributed by atoms with van der Waals surface area (Å²) in [6.45, 7) is 0. The van der Waals surface area contributed by atoms with Crippen LogP contribution in [0, 0.1) is 0 Å². The molecular formula is C9H4N2OS. The fraction of sp³-hybridized carbons (Fsp3) is 0. The van der Waals surface area contributed by atoms with Crippen molar-refractivity contribution in [2.75, 3.05) is 0 Å². The Morgan fingerprint density at radius 3 is 2.77 bits per heavy atom. The van der Waals surface area contributed by atoms with Gasteiger partial charge in [-0.05, 0) is 11.5 Å². The Bertz CT molecular complexity index is 504. The zero-order chi connectivity index (χ0) is 8.84. The van der Waals surface area contributed by atoms with Crippen molar-refractivity contribution in [1.29, 1.82) is 0 Å².